The number of hydrogen-bond acceptors (Lipinski definition) is 5. The third-order valence-electron chi connectivity index (χ3n) is 3.05. The molecule has 0 spiro atoms. The minimum atomic E-state index is -0.248. The lowest BCUT2D eigenvalue weighted by atomic mass is 9.96. The first-order valence-electron chi connectivity index (χ1n) is 5.94. The Morgan fingerprint density at radius 1 is 1.44 bits per heavy atom. The van der Waals surface area contributed by atoms with Crippen LogP contribution in [-0.4, -0.2) is 26.2 Å². The fourth-order valence-electron chi connectivity index (χ4n) is 2.13. The van der Waals surface area contributed by atoms with Crippen LogP contribution in [0.15, 0.2) is 10.9 Å². The van der Waals surface area contributed by atoms with Crippen molar-refractivity contribution in [2.24, 2.45) is 0 Å². The van der Waals surface area contributed by atoms with Gasteiger partial charge in [-0.1, -0.05) is 5.16 Å². The molecule has 0 radical (unpaired) electrons. The van der Waals surface area contributed by atoms with Gasteiger partial charge in [-0.25, -0.2) is 4.98 Å². The van der Waals surface area contributed by atoms with E-state index >= 15 is 0 Å². The second-order valence-electron chi connectivity index (χ2n) is 4.26. The van der Waals surface area contributed by atoms with Crippen LogP contribution in [0, 0.1) is 0 Å². The Kier molecular flexibility index (Phi) is 2.79. The highest BCUT2D eigenvalue weighted by atomic mass is 16.5. The summed E-state index contributed by atoms with van der Waals surface area (Å²) in [6.07, 6.45) is 5.35. The molecule has 1 aliphatic carbocycles. The second kappa shape index (κ2) is 4.59. The number of nitrogens with zero attached hydrogens (tertiary/aromatic N) is 3. The van der Waals surface area contributed by atoms with Gasteiger partial charge in [0, 0.05) is 5.56 Å². The van der Waals surface area contributed by atoms with Crippen molar-refractivity contribution in [2.75, 3.05) is 0 Å². The number of aromatic nitrogens is 4. The van der Waals surface area contributed by atoms with Crippen molar-refractivity contribution >= 4 is 5.91 Å². The quantitative estimate of drug-likeness (QED) is 0.827. The average Bonchev–Trinajstić information content (AvgIpc) is 3.05. The van der Waals surface area contributed by atoms with Crippen LogP contribution >= 0.6 is 0 Å². The highest BCUT2D eigenvalue weighted by Crippen LogP contribution is 2.23. The van der Waals surface area contributed by atoms with Crippen molar-refractivity contribution in [2.45, 2.75) is 32.2 Å². The molecule has 0 saturated carbocycles. The highest BCUT2D eigenvalue weighted by molar-refractivity contribution is 5.92. The first-order chi connectivity index (χ1) is 8.84. The number of aromatic amines is 1. The molecular formula is C11H13N5O2. The van der Waals surface area contributed by atoms with E-state index in [4.69, 9.17) is 4.52 Å². The van der Waals surface area contributed by atoms with Crippen LogP contribution in [-0.2, 0) is 19.4 Å². The van der Waals surface area contributed by atoms with Crippen molar-refractivity contribution < 1.29 is 9.32 Å². The van der Waals surface area contributed by atoms with Crippen LogP contribution < -0.4 is 5.32 Å². The average molecular weight is 247 g/mol. The van der Waals surface area contributed by atoms with E-state index in [1.807, 2.05) is 0 Å². The molecule has 3 rings (SSSR count). The van der Waals surface area contributed by atoms with Gasteiger partial charge in [0.1, 0.15) is 12.2 Å². The molecular weight excluding hydrogens is 234 g/mol. The van der Waals surface area contributed by atoms with E-state index in [2.05, 4.69) is 25.7 Å². The van der Waals surface area contributed by atoms with Gasteiger partial charge in [0.15, 0.2) is 0 Å². The molecule has 7 nitrogen and oxygen atoms in total. The Hall–Kier alpha value is -2.18. The first kappa shape index (κ1) is 10.9. The van der Waals surface area contributed by atoms with Gasteiger partial charge in [-0.05, 0) is 25.7 Å². The summed E-state index contributed by atoms with van der Waals surface area (Å²) in [5.74, 6) is 0.697. The van der Waals surface area contributed by atoms with Gasteiger partial charge < -0.3 is 9.84 Å². The van der Waals surface area contributed by atoms with Crippen molar-refractivity contribution in [3.8, 4) is 0 Å². The van der Waals surface area contributed by atoms with Crippen molar-refractivity contribution in [1.29, 1.82) is 0 Å². The molecule has 0 aromatic carbocycles. The van der Waals surface area contributed by atoms with E-state index in [-0.39, 0.29) is 5.91 Å². The zero-order valence-electron chi connectivity index (χ0n) is 9.77. The normalized spacial score (nSPS) is 14.2. The zero-order valence-corrected chi connectivity index (χ0v) is 9.77. The van der Waals surface area contributed by atoms with Gasteiger partial charge in [-0.15, -0.1) is 0 Å². The molecule has 0 atom stereocenters. The minimum absolute atomic E-state index is 0.248. The number of carbonyl (C=O) groups excluding carboxylic acids is 1. The van der Waals surface area contributed by atoms with Gasteiger partial charge in [-0.2, -0.15) is 5.10 Å². The molecule has 0 unspecified atom stereocenters. The lowest BCUT2D eigenvalue weighted by Gasteiger charge is -2.08. The number of aryl methyl sites for hydroxylation is 1. The lowest BCUT2D eigenvalue weighted by molar-refractivity contribution is 0.0911. The Balaban J connectivity index is 1.70. The maximum atomic E-state index is 12.0. The molecule has 0 saturated heterocycles. The summed E-state index contributed by atoms with van der Waals surface area (Å²) < 4.78 is 5.14. The van der Waals surface area contributed by atoms with Gasteiger partial charge in [0.25, 0.3) is 5.91 Å². The summed E-state index contributed by atoms with van der Waals surface area (Å²) in [5.41, 5.74) is 1.88. The van der Waals surface area contributed by atoms with Crippen molar-refractivity contribution in [3.05, 3.63) is 29.2 Å². The number of fused-ring (bicyclic) bond motifs is 1. The molecule has 2 aromatic heterocycles. The standard InChI is InChI=1S/C11H13N5O2/c17-11(12-5-9-13-6-14-15-9)10-7-3-1-2-4-8(7)16-18-10/h6H,1-5H2,(H,12,17)(H,13,14,15). The SMILES string of the molecule is O=C(NCc1ncn[nH]1)c1onc2c1CCCC2. The van der Waals surface area contributed by atoms with Crippen LogP contribution in [0.25, 0.3) is 0 Å². The zero-order chi connectivity index (χ0) is 12.4. The van der Waals surface area contributed by atoms with Gasteiger partial charge >= 0.3 is 0 Å². The van der Waals surface area contributed by atoms with Gasteiger partial charge in [0.05, 0.1) is 12.2 Å². The molecule has 1 aliphatic rings. The molecule has 1 amide bonds. The molecule has 94 valence electrons. The fourth-order valence-corrected chi connectivity index (χ4v) is 2.13. The molecule has 0 bridgehead atoms. The minimum Gasteiger partial charge on any atom is -0.350 e. The van der Waals surface area contributed by atoms with Crippen LogP contribution in [0.2, 0.25) is 0 Å². The fraction of sp³-hybridized carbons (Fsp3) is 0.455. The summed E-state index contributed by atoms with van der Waals surface area (Å²) in [6, 6.07) is 0. The largest absolute Gasteiger partial charge is 0.350 e. The van der Waals surface area contributed by atoms with Gasteiger partial charge in [0.2, 0.25) is 5.76 Å². The van der Waals surface area contributed by atoms with Crippen LogP contribution in [0.5, 0.6) is 0 Å². The summed E-state index contributed by atoms with van der Waals surface area (Å²) >= 11 is 0. The van der Waals surface area contributed by atoms with Crippen LogP contribution in [0.4, 0.5) is 0 Å². The summed E-state index contributed by atoms with van der Waals surface area (Å²) in [7, 11) is 0. The number of rotatable bonds is 3. The number of H-pyrrole nitrogens is 1. The maximum Gasteiger partial charge on any atom is 0.290 e. The van der Waals surface area contributed by atoms with Crippen molar-refractivity contribution in [3.63, 3.8) is 0 Å². The molecule has 0 aliphatic heterocycles. The van der Waals surface area contributed by atoms with E-state index in [0.29, 0.717) is 18.1 Å². The van der Waals surface area contributed by atoms with Crippen LogP contribution in [0.1, 0.15) is 40.5 Å². The molecule has 2 N–H and O–H groups in total. The Morgan fingerprint density at radius 2 is 2.33 bits per heavy atom. The number of carbonyl (C=O) groups is 1. The number of nitrogens with one attached hydrogen (secondary N) is 2. The van der Waals surface area contributed by atoms with E-state index < -0.39 is 0 Å². The molecule has 7 heteroatoms. The number of amides is 1. The van der Waals surface area contributed by atoms with Crippen molar-refractivity contribution in [1.82, 2.24) is 25.7 Å². The first-order valence-corrected chi connectivity index (χ1v) is 5.94. The van der Waals surface area contributed by atoms with Gasteiger partial charge in [-0.3, -0.25) is 9.89 Å². The predicted molar refractivity (Wildman–Crippen MR) is 60.7 cm³/mol. The van der Waals surface area contributed by atoms with E-state index in [0.717, 1.165) is 36.9 Å². The highest BCUT2D eigenvalue weighted by Gasteiger charge is 2.23. The second-order valence-corrected chi connectivity index (χ2v) is 4.26. The molecule has 0 fully saturated rings. The lowest BCUT2D eigenvalue weighted by Crippen LogP contribution is -2.24. The Labute approximate surface area is 103 Å². The third-order valence-corrected chi connectivity index (χ3v) is 3.05. The van der Waals surface area contributed by atoms with Crippen LogP contribution in [0.3, 0.4) is 0 Å². The predicted octanol–water partition coefficient (Wildman–Crippen LogP) is 0.601. The number of hydrogen-bond donors (Lipinski definition) is 2. The van der Waals surface area contributed by atoms with E-state index in [1.54, 1.807) is 0 Å². The molecule has 18 heavy (non-hydrogen) atoms. The smallest absolute Gasteiger partial charge is 0.290 e. The summed E-state index contributed by atoms with van der Waals surface area (Å²) in [6.45, 7) is 0.300. The molecule has 2 heterocycles. The maximum absolute atomic E-state index is 12.0. The monoisotopic (exact) mass is 247 g/mol. The van der Waals surface area contributed by atoms with E-state index in [9.17, 15) is 4.79 Å². The Morgan fingerprint density at radius 3 is 3.17 bits per heavy atom. The molecule has 2 aromatic rings. The topological polar surface area (TPSA) is 96.7 Å². The van der Waals surface area contributed by atoms with E-state index in [1.165, 1.54) is 6.33 Å². The Bertz CT molecular complexity index is 546. The summed E-state index contributed by atoms with van der Waals surface area (Å²) in [4.78, 5) is 15.9. The third kappa shape index (κ3) is 1.99. The summed E-state index contributed by atoms with van der Waals surface area (Å²) in [5, 5.41) is 13.1.